The topological polar surface area (TPSA) is 54.5 Å². The minimum Gasteiger partial charge on any atom is -0.267 e. The molecule has 1 aromatic heterocycles. The Morgan fingerprint density at radius 2 is 1.88 bits per heavy atom. The molecule has 0 saturated carbocycles. The number of nitrogens with zero attached hydrogens (tertiary/aromatic N) is 4. The predicted octanol–water partition coefficient (Wildman–Crippen LogP) is 4.22. The fourth-order valence-electron chi connectivity index (χ4n) is 2.21. The largest absolute Gasteiger partial charge is 0.267 e. The number of halogens is 2. The molecule has 1 heterocycles. The molecule has 3 aromatic rings. The first-order chi connectivity index (χ1) is 11.7. The van der Waals surface area contributed by atoms with Crippen LogP contribution in [0.5, 0.6) is 0 Å². The second kappa shape index (κ2) is 7.23. The van der Waals surface area contributed by atoms with Crippen LogP contribution in [-0.4, -0.2) is 20.5 Å². The van der Waals surface area contributed by atoms with Crippen LogP contribution in [0.1, 0.15) is 6.42 Å². The van der Waals surface area contributed by atoms with Crippen molar-refractivity contribution in [1.29, 1.82) is 5.26 Å². The molecule has 0 saturated heterocycles. The molecule has 0 N–H and O–H groups in total. The summed E-state index contributed by atoms with van der Waals surface area (Å²) in [6, 6.07) is 14.7. The molecule has 0 amide bonds. The maximum atomic E-state index is 14.3. The average molecular weight is 342 g/mol. The lowest BCUT2D eigenvalue weighted by Crippen LogP contribution is -2.03. The van der Waals surface area contributed by atoms with Gasteiger partial charge in [0.2, 0.25) is 0 Å². The molecule has 3 rings (SSSR count). The van der Waals surface area contributed by atoms with E-state index >= 15 is 0 Å². The molecule has 24 heavy (non-hydrogen) atoms. The summed E-state index contributed by atoms with van der Waals surface area (Å²) in [6.07, 6.45) is 0.337. The van der Waals surface area contributed by atoms with Crippen molar-refractivity contribution in [2.24, 2.45) is 0 Å². The van der Waals surface area contributed by atoms with Crippen LogP contribution >= 0.6 is 11.8 Å². The summed E-state index contributed by atoms with van der Waals surface area (Å²) in [5, 5.41) is 17.4. The molecule has 7 heteroatoms. The quantitative estimate of drug-likeness (QED) is 0.515. The van der Waals surface area contributed by atoms with E-state index in [2.05, 4.69) is 16.3 Å². The number of thioether (sulfide) groups is 1. The number of hydrogen-bond acceptors (Lipinski definition) is 4. The van der Waals surface area contributed by atoms with Crippen molar-refractivity contribution in [2.75, 3.05) is 5.75 Å². The van der Waals surface area contributed by atoms with Gasteiger partial charge in [0.05, 0.1) is 11.8 Å². The average Bonchev–Trinajstić information content (AvgIpc) is 3.00. The van der Waals surface area contributed by atoms with Gasteiger partial charge in [0.15, 0.2) is 11.0 Å². The molecular weight excluding hydrogens is 330 g/mol. The number of aromatic nitrogens is 3. The minimum absolute atomic E-state index is 0.166. The van der Waals surface area contributed by atoms with Crippen molar-refractivity contribution in [3.8, 4) is 23.1 Å². The highest BCUT2D eigenvalue weighted by atomic mass is 32.2. The highest BCUT2D eigenvalue weighted by molar-refractivity contribution is 7.99. The van der Waals surface area contributed by atoms with Crippen molar-refractivity contribution in [3.63, 3.8) is 0 Å². The summed E-state index contributed by atoms with van der Waals surface area (Å²) < 4.78 is 29.1. The fourth-order valence-corrected chi connectivity index (χ4v) is 2.99. The van der Waals surface area contributed by atoms with Crippen LogP contribution < -0.4 is 0 Å². The smallest absolute Gasteiger partial charge is 0.196 e. The maximum Gasteiger partial charge on any atom is 0.196 e. The zero-order chi connectivity index (χ0) is 16.9. The summed E-state index contributed by atoms with van der Waals surface area (Å²) in [5.41, 5.74) is 0.931. The molecular formula is C17H12F2N4S. The molecule has 0 aliphatic heterocycles. The molecule has 0 fully saturated rings. The van der Waals surface area contributed by atoms with E-state index in [1.54, 1.807) is 4.57 Å². The van der Waals surface area contributed by atoms with Crippen molar-refractivity contribution < 1.29 is 8.78 Å². The van der Waals surface area contributed by atoms with E-state index in [9.17, 15) is 8.78 Å². The third-order valence-corrected chi connectivity index (χ3v) is 4.19. The molecule has 0 radical (unpaired) electrons. The summed E-state index contributed by atoms with van der Waals surface area (Å²) in [6.45, 7) is 0. The summed E-state index contributed by atoms with van der Waals surface area (Å²) >= 11 is 1.30. The molecule has 120 valence electrons. The molecule has 2 aromatic carbocycles. The van der Waals surface area contributed by atoms with E-state index in [1.165, 1.54) is 23.9 Å². The Morgan fingerprint density at radius 3 is 2.58 bits per heavy atom. The first-order valence-corrected chi connectivity index (χ1v) is 8.15. The van der Waals surface area contributed by atoms with Crippen LogP contribution in [0, 0.1) is 23.0 Å². The molecule has 0 aliphatic carbocycles. The van der Waals surface area contributed by atoms with Crippen molar-refractivity contribution in [3.05, 3.63) is 60.2 Å². The van der Waals surface area contributed by atoms with E-state index in [-0.39, 0.29) is 5.69 Å². The van der Waals surface area contributed by atoms with Crippen molar-refractivity contribution in [2.45, 2.75) is 11.6 Å². The lowest BCUT2D eigenvalue weighted by atomic mass is 10.2. The Kier molecular flexibility index (Phi) is 4.87. The van der Waals surface area contributed by atoms with Gasteiger partial charge in [-0.1, -0.05) is 42.1 Å². The Morgan fingerprint density at radius 1 is 1.08 bits per heavy atom. The van der Waals surface area contributed by atoms with Gasteiger partial charge in [-0.3, -0.25) is 4.57 Å². The van der Waals surface area contributed by atoms with Gasteiger partial charge in [-0.15, -0.1) is 10.2 Å². The standard InChI is InChI=1S/C17H12F2N4S/c18-13-7-8-15(14(19)11-13)23-16(12-5-2-1-3-6-12)21-22-17(23)24-10-4-9-20/h1-3,5-8,11H,4,10H2. The lowest BCUT2D eigenvalue weighted by Gasteiger charge is -2.11. The van der Waals surface area contributed by atoms with Gasteiger partial charge >= 0.3 is 0 Å². The van der Waals surface area contributed by atoms with Crippen LogP contribution in [0.4, 0.5) is 8.78 Å². The molecule has 0 aliphatic rings. The van der Waals surface area contributed by atoms with Gasteiger partial charge in [-0.05, 0) is 12.1 Å². The van der Waals surface area contributed by atoms with Gasteiger partial charge < -0.3 is 0 Å². The molecule has 0 spiro atoms. The van der Waals surface area contributed by atoms with E-state index < -0.39 is 11.6 Å². The summed E-state index contributed by atoms with van der Waals surface area (Å²) in [4.78, 5) is 0. The van der Waals surface area contributed by atoms with Crippen LogP contribution in [0.25, 0.3) is 17.1 Å². The first-order valence-electron chi connectivity index (χ1n) is 7.16. The van der Waals surface area contributed by atoms with Crippen LogP contribution in [0.15, 0.2) is 53.7 Å². The monoisotopic (exact) mass is 342 g/mol. The Hall–Kier alpha value is -2.72. The summed E-state index contributed by atoms with van der Waals surface area (Å²) in [5.74, 6) is -0.384. The fraction of sp³-hybridized carbons (Fsp3) is 0.118. The second-order valence-corrected chi connectivity index (χ2v) is 5.92. The minimum atomic E-state index is -0.700. The van der Waals surface area contributed by atoms with E-state index in [0.717, 1.165) is 11.6 Å². The van der Waals surface area contributed by atoms with E-state index in [1.807, 2.05) is 30.3 Å². The Bertz CT molecular complexity index is 887. The number of benzene rings is 2. The SMILES string of the molecule is N#CCCSc1nnc(-c2ccccc2)n1-c1ccc(F)cc1F. The van der Waals surface area contributed by atoms with E-state index in [0.29, 0.717) is 23.2 Å². The molecule has 0 unspecified atom stereocenters. The van der Waals surface area contributed by atoms with Crippen LogP contribution in [-0.2, 0) is 0 Å². The van der Waals surface area contributed by atoms with Crippen LogP contribution in [0.3, 0.4) is 0 Å². The lowest BCUT2D eigenvalue weighted by molar-refractivity contribution is 0.575. The summed E-state index contributed by atoms with van der Waals surface area (Å²) in [7, 11) is 0. The van der Waals surface area contributed by atoms with Gasteiger partial charge in [0, 0.05) is 23.8 Å². The van der Waals surface area contributed by atoms with Gasteiger partial charge in [0.25, 0.3) is 0 Å². The first kappa shape index (κ1) is 16.1. The van der Waals surface area contributed by atoms with Gasteiger partial charge in [0.1, 0.15) is 11.6 Å². The third kappa shape index (κ3) is 3.29. The zero-order valence-electron chi connectivity index (χ0n) is 12.5. The highest BCUT2D eigenvalue weighted by Crippen LogP contribution is 2.29. The third-order valence-electron chi connectivity index (χ3n) is 3.26. The van der Waals surface area contributed by atoms with Gasteiger partial charge in [-0.2, -0.15) is 5.26 Å². The Labute approximate surface area is 141 Å². The normalized spacial score (nSPS) is 10.5. The number of hydrogen-bond donors (Lipinski definition) is 0. The number of rotatable bonds is 5. The van der Waals surface area contributed by atoms with Crippen LogP contribution in [0.2, 0.25) is 0 Å². The van der Waals surface area contributed by atoms with Crippen molar-refractivity contribution >= 4 is 11.8 Å². The molecule has 0 bridgehead atoms. The van der Waals surface area contributed by atoms with E-state index in [4.69, 9.17) is 5.26 Å². The maximum absolute atomic E-state index is 14.3. The Balaban J connectivity index is 2.12. The van der Waals surface area contributed by atoms with Crippen molar-refractivity contribution in [1.82, 2.24) is 14.8 Å². The van der Waals surface area contributed by atoms with Gasteiger partial charge in [-0.25, -0.2) is 8.78 Å². The second-order valence-electron chi connectivity index (χ2n) is 4.86. The molecule has 0 atom stereocenters. The zero-order valence-corrected chi connectivity index (χ0v) is 13.3. The molecule has 4 nitrogen and oxygen atoms in total. The highest BCUT2D eigenvalue weighted by Gasteiger charge is 2.18. The predicted molar refractivity (Wildman–Crippen MR) is 87.7 cm³/mol. The number of nitriles is 1.